The molecule has 198 valence electrons. The van der Waals surface area contributed by atoms with Crippen LogP contribution >= 0.6 is 0 Å². The van der Waals surface area contributed by atoms with Gasteiger partial charge in [-0.2, -0.15) is 0 Å². The van der Waals surface area contributed by atoms with Crippen LogP contribution < -0.4 is 15.9 Å². The van der Waals surface area contributed by atoms with E-state index in [2.05, 4.69) is 4.98 Å². The molecule has 2 heterocycles. The summed E-state index contributed by atoms with van der Waals surface area (Å²) in [6.07, 6.45) is -0.0242. The first-order chi connectivity index (χ1) is 18.1. The first-order valence-electron chi connectivity index (χ1n) is 11.8. The number of pyridine rings is 2. The van der Waals surface area contributed by atoms with E-state index in [-0.39, 0.29) is 41.3 Å². The molecule has 4 rings (SSSR count). The molecule has 1 atom stereocenters. The van der Waals surface area contributed by atoms with E-state index < -0.39 is 23.0 Å². The number of hydrogen-bond donors (Lipinski definition) is 4. The lowest BCUT2D eigenvalue weighted by Crippen LogP contribution is -2.31. The standard InChI is InChI=1S/C28H28N2O8/c1-15-10-24(33)26(28(36)30(15)9-8-16-4-7-22(31)23(32)11-16)19(14-25(34)38-3)20-13-17-12-18(37-2)5-6-21(17)29-27(20)35/h4-7,10-13,19,31-33H,8-9,14H2,1-3H3,(H,29,35)/t19-/m0/s1. The Bertz CT molecular complexity index is 1640. The number of H-pyrrole nitrogens is 1. The average molecular weight is 521 g/mol. The minimum atomic E-state index is -1.10. The Morgan fingerprint density at radius 1 is 0.974 bits per heavy atom. The van der Waals surface area contributed by atoms with Gasteiger partial charge in [0.05, 0.1) is 26.2 Å². The van der Waals surface area contributed by atoms with Gasteiger partial charge in [-0.1, -0.05) is 6.07 Å². The molecule has 0 radical (unpaired) electrons. The topological polar surface area (TPSA) is 151 Å². The molecule has 10 nitrogen and oxygen atoms in total. The quantitative estimate of drug-likeness (QED) is 0.204. The molecule has 0 bridgehead atoms. The molecule has 0 aliphatic heterocycles. The van der Waals surface area contributed by atoms with Gasteiger partial charge in [-0.25, -0.2) is 0 Å². The van der Waals surface area contributed by atoms with Gasteiger partial charge in [-0.05, 0) is 61.4 Å². The molecule has 38 heavy (non-hydrogen) atoms. The SMILES string of the molecule is COC(=O)C[C@@H](c1cc2cc(OC)ccc2[nH]c1=O)c1c(O)cc(C)n(CCc2ccc(O)c(O)c2)c1=O. The molecular formula is C28H28N2O8. The van der Waals surface area contributed by atoms with Gasteiger partial charge in [0, 0.05) is 34.6 Å². The van der Waals surface area contributed by atoms with Gasteiger partial charge in [-0.15, -0.1) is 0 Å². The van der Waals surface area contributed by atoms with E-state index in [1.807, 2.05) is 0 Å². The number of esters is 1. The number of nitrogens with zero attached hydrogens (tertiary/aromatic N) is 1. The number of aromatic amines is 1. The summed E-state index contributed by atoms with van der Waals surface area (Å²) < 4.78 is 11.5. The number of rotatable bonds is 8. The van der Waals surface area contributed by atoms with Crippen molar-refractivity contribution in [3.63, 3.8) is 0 Å². The number of nitrogens with one attached hydrogen (secondary N) is 1. The lowest BCUT2D eigenvalue weighted by molar-refractivity contribution is -0.140. The van der Waals surface area contributed by atoms with E-state index in [0.717, 1.165) is 0 Å². The van der Waals surface area contributed by atoms with Crippen molar-refractivity contribution in [3.8, 4) is 23.0 Å². The Balaban J connectivity index is 1.84. The van der Waals surface area contributed by atoms with E-state index >= 15 is 0 Å². The molecule has 4 aromatic rings. The summed E-state index contributed by atoms with van der Waals surface area (Å²) in [5, 5.41) is 30.9. The molecule has 0 unspecified atom stereocenters. The van der Waals surface area contributed by atoms with E-state index in [9.17, 15) is 29.7 Å². The van der Waals surface area contributed by atoms with Crippen LogP contribution in [0, 0.1) is 6.92 Å². The molecule has 0 amide bonds. The van der Waals surface area contributed by atoms with Crippen LogP contribution in [0.4, 0.5) is 0 Å². The summed E-state index contributed by atoms with van der Waals surface area (Å²) in [5.74, 6) is -2.07. The van der Waals surface area contributed by atoms with Crippen LogP contribution in [-0.2, 0) is 22.5 Å². The third kappa shape index (κ3) is 5.19. The van der Waals surface area contributed by atoms with Crippen molar-refractivity contribution in [1.29, 1.82) is 0 Å². The van der Waals surface area contributed by atoms with E-state index in [1.165, 1.54) is 37.0 Å². The van der Waals surface area contributed by atoms with Crippen LogP contribution in [0.1, 0.15) is 34.7 Å². The molecule has 0 aliphatic rings. The number of aryl methyl sites for hydroxylation is 2. The van der Waals surface area contributed by atoms with Gasteiger partial charge >= 0.3 is 5.97 Å². The number of aromatic nitrogens is 2. The van der Waals surface area contributed by atoms with Gasteiger partial charge in [0.15, 0.2) is 11.5 Å². The maximum absolute atomic E-state index is 13.7. The largest absolute Gasteiger partial charge is 0.507 e. The van der Waals surface area contributed by atoms with Crippen molar-refractivity contribution in [1.82, 2.24) is 9.55 Å². The number of hydrogen-bond acceptors (Lipinski definition) is 8. The molecule has 2 aromatic carbocycles. The Morgan fingerprint density at radius 3 is 2.42 bits per heavy atom. The van der Waals surface area contributed by atoms with Crippen LogP contribution in [-0.4, -0.2) is 45.1 Å². The smallest absolute Gasteiger partial charge is 0.306 e. The number of methoxy groups -OCH3 is 2. The Labute approximate surface area is 217 Å². The van der Waals surface area contributed by atoms with Crippen molar-refractivity contribution in [2.24, 2.45) is 0 Å². The third-order valence-electron chi connectivity index (χ3n) is 6.59. The fourth-order valence-electron chi connectivity index (χ4n) is 4.54. The summed E-state index contributed by atoms with van der Waals surface area (Å²) >= 11 is 0. The lowest BCUT2D eigenvalue weighted by Gasteiger charge is -2.20. The maximum atomic E-state index is 13.7. The molecule has 0 spiro atoms. The second-order valence-corrected chi connectivity index (χ2v) is 8.95. The fraction of sp³-hybridized carbons (Fsp3) is 0.250. The van der Waals surface area contributed by atoms with Gasteiger partial charge in [0.2, 0.25) is 0 Å². The summed E-state index contributed by atoms with van der Waals surface area (Å²) in [5.41, 5.74) is 0.607. The highest BCUT2D eigenvalue weighted by atomic mass is 16.5. The number of carbonyl (C=O) groups is 1. The molecule has 0 saturated carbocycles. The van der Waals surface area contributed by atoms with E-state index in [4.69, 9.17) is 9.47 Å². The number of phenols is 2. The zero-order valence-electron chi connectivity index (χ0n) is 21.1. The number of aromatic hydroxyl groups is 3. The number of fused-ring (bicyclic) bond motifs is 1. The zero-order valence-corrected chi connectivity index (χ0v) is 21.1. The number of ether oxygens (including phenoxy) is 2. The Morgan fingerprint density at radius 2 is 1.74 bits per heavy atom. The van der Waals surface area contributed by atoms with Gasteiger partial charge < -0.3 is 34.3 Å². The highest BCUT2D eigenvalue weighted by molar-refractivity contribution is 5.81. The van der Waals surface area contributed by atoms with Crippen molar-refractivity contribution < 1.29 is 29.6 Å². The summed E-state index contributed by atoms with van der Waals surface area (Å²) in [4.78, 5) is 42.1. The number of benzene rings is 2. The van der Waals surface area contributed by atoms with Crippen LogP contribution in [0.2, 0.25) is 0 Å². The zero-order chi connectivity index (χ0) is 27.6. The van der Waals surface area contributed by atoms with Crippen molar-refractivity contribution in [2.75, 3.05) is 14.2 Å². The first kappa shape index (κ1) is 26.3. The summed E-state index contributed by atoms with van der Waals surface area (Å²) in [7, 11) is 2.72. The van der Waals surface area contributed by atoms with Crippen molar-refractivity contribution >= 4 is 16.9 Å². The maximum Gasteiger partial charge on any atom is 0.306 e. The van der Waals surface area contributed by atoms with Crippen LogP contribution in [0.25, 0.3) is 10.9 Å². The second-order valence-electron chi connectivity index (χ2n) is 8.95. The average Bonchev–Trinajstić information content (AvgIpc) is 2.89. The van der Waals surface area contributed by atoms with E-state index in [0.29, 0.717) is 34.3 Å². The highest BCUT2D eigenvalue weighted by Crippen LogP contribution is 2.33. The monoisotopic (exact) mass is 520 g/mol. The normalized spacial score (nSPS) is 11.9. The molecule has 0 fully saturated rings. The minimum absolute atomic E-state index is 0.109. The molecular weight excluding hydrogens is 492 g/mol. The first-order valence-corrected chi connectivity index (χ1v) is 11.8. The minimum Gasteiger partial charge on any atom is -0.507 e. The molecule has 2 aromatic heterocycles. The third-order valence-corrected chi connectivity index (χ3v) is 6.59. The number of carbonyl (C=O) groups excluding carboxylic acids is 1. The molecule has 0 saturated heterocycles. The van der Waals surface area contributed by atoms with Crippen LogP contribution in [0.15, 0.2) is 58.1 Å². The molecule has 10 heteroatoms. The summed E-state index contributed by atoms with van der Waals surface area (Å²) in [6, 6.07) is 12.5. The predicted octanol–water partition coefficient (Wildman–Crippen LogP) is 3.06. The Hall–Kier alpha value is -4.73. The second kappa shape index (κ2) is 10.7. The number of phenolic OH excluding ortho intramolecular Hbond substituents is 2. The van der Waals surface area contributed by atoms with Gasteiger partial charge in [0.25, 0.3) is 11.1 Å². The Kier molecular flexibility index (Phi) is 7.43. The predicted molar refractivity (Wildman–Crippen MR) is 140 cm³/mol. The van der Waals surface area contributed by atoms with Crippen LogP contribution in [0.5, 0.6) is 23.0 Å². The fourth-order valence-corrected chi connectivity index (χ4v) is 4.54. The lowest BCUT2D eigenvalue weighted by atomic mass is 9.88. The molecule has 0 aliphatic carbocycles. The highest BCUT2D eigenvalue weighted by Gasteiger charge is 2.29. The van der Waals surface area contributed by atoms with E-state index in [1.54, 1.807) is 37.3 Å². The van der Waals surface area contributed by atoms with Gasteiger partial charge in [-0.3, -0.25) is 14.4 Å². The van der Waals surface area contributed by atoms with Crippen molar-refractivity contribution in [2.45, 2.75) is 32.2 Å². The molecule has 4 N–H and O–H groups in total. The van der Waals surface area contributed by atoms with Gasteiger partial charge in [0.1, 0.15) is 11.5 Å². The van der Waals surface area contributed by atoms with Crippen LogP contribution in [0.3, 0.4) is 0 Å². The summed E-state index contributed by atoms with van der Waals surface area (Å²) in [6.45, 7) is 1.84. The van der Waals surface area contributed by atoms with Crippen molar-refractivity contribution in [3.05, 3.63) is 91.6 Å².